The molecule has 7 heteroatoms. The summed E-state index contributed by atoms with van der Waals surface area (Å²) in [6.07, 6.45) is 4.33. The number of aliphatic hydroxyl groups excluding tert-OH is 1. The van der Waals surface area contributed by atoms with Crippen molar-refractivity contribution in [1.82, 2.24) is 8.61 Å². The predicted octanol–water partition coefficient (Wildman–Crippen LogP) is 0.189. The molecule has 6 nitrogen and oxygen atoms in total. The summed E-state index contributed by atoms with van der Waals surface area (Å²) in [4.78, 5) is 0. The lowest BCUT2D eigenvalue weighted by Gasteiger charge is -2.39. The van der Waals surface area contributed by atoms with Gasteiger partial charge in [-0.25, -0.2) is 0 Å². The Hall–Kier alpha value is -0.210. The molecule has 0 aromatic rings. The van der Waals surface area contributed by atoms with Crippen LogP contribution < -0.4 is 0 Å². The smallest absolute Gasteiger partial charge is 0.282 e. The van der Waals surface area contributed by atoms with E-state index in [1.54, 1.807) is 7.11 Å². The normalized spacial score (nSPS) is 31.5. The Morgan fingerprint density at radius 3 is 2.68 bits per heavy atom. The van der Waals surface area contributed by atoms with E-state index in [0.717, 1.165) is 32.1 Å². The highest BCUT2D eigenvalue weighted by molar-refractivity contribution is 7.86. The van der Waals surface area contributed by atoms with Gasteiger partial charge in [0.1, 0.15) is 0 Å². The first kappa shape index (κ1) is 15.2. The molecule has 2 saturated heterocycles. The van der Waals surface area contributed by atoms with Crippen molar-refractivity contribution in [2.45, 2.75) is 44.2 Å². The molecule has 0 radical (unpaired) electrons. The van der Waals surface area contributed by atoms with Gasteiger partial charge in [-0.2, -0.15) is 17.0 Å². The lowest BCUT2D eigenvalue weighted by molar-refractivity contribution is 0.0530. The fourth-order valence-corrected chi connectivity index (χ4v) is 4.84. The van der Waals surface area contributed by atoms with Crippen LogP contribution >= 0.6 is 0 Å². The molecule has 0 spiro atoms. The minimum absolute atomic E-state index is 0.0131. The summed E-state index contributed by atoms with van der Waals surface area (Å²) >= 11 is 0. The third kappa shape index (κ3) is 3.28. The van der Waals surface area contributed by atoms with Crippen molar-refractivity contribution in [3.63, 3.8) is 0 Å². The minimum atomic E-state index is -3.46. The monoisotopic (exact) mass is 292 g/mol. The highest BCUT2D eigenvalue weighted by Gasteiger charge is 2.38. The summed E-state index contributed by atoms with van der Waals surface area (Å²) in [7, 11) is -1.84. The van der Waals surface area contributed by atoms with Crippen molar-refractivity contribution in [3.05, 3.63) is 0 Å². The number of nitrogens with zero attached hydrogens (tertiary/aromatic N) is 2. The van der Waals surface area contributed by atoms with Crippen LogP contribution in [0.1, 0.15) is 32.1 Å². The standard InChI is InChI=1S/C12H24N2O4S/c1-18-12-6-4-7-13(9-12)19(16,17)14-8-3-2-5-11(14)10-15/h11-12,15H,2-10H2,1H3. The molecule has 2 heterocycles. The van der Waals surface area contributed by atoms with Crippen molar-refractivity contribution in [2.24, 2.45) is 0 Å². The lowest BCUT2D eigenvalue weighted by Crippen LogP contribution is -2.54. The third-order valence-electron chi connectivity index (χ3n) is 4.08. The molecular weight excluding hydrogens is 268 g/mol. The number of hydrogen-bond acceptors (Lipinski definition) is 4. The van der Waals surface area contributed by atoms with E-state index in [-0.39, 0.29) is 18.8 Å². The second kappa shape index (κ2) is 6.49. The summed E-state index contributed by atoms with van der Waals surface area (Å²) in [6.45, 7) is 1.40. The molecule has 2 unspecified atom stereocenters. The molecule has 19 heavy (non-hydrogen) atoms. The first-order chi connectivity index (χ1) is 9.09. The quantitative estimate of drug-likeness (QED) is 0.803. The van der Waals surface area contributed by atoms with Crippen LogP contribution in [0.15, 0.2) is 0 Å². The molecule has 0 aromatic carbocycles. The molecule has 0 aromatic heterocycles. The van der Waals surface area contributed by atoms with Crippen LogP contribution in [0.5, 0.6) is 0 Å². The molecule has 0 saturated carbocycles. The van der Waals surface area contributed by atoms with E-state index >= 15 is 0 Å². The van der Waals surface area contributed by atoms with Gasteiger partial charge >= 0.3 is 0 Å². The van der Waals surface area contributed by atoms with Crippen LogP contribution in [0, 0.1) is 0 Å². The zero-order valence-electron chi connectivity index (χ0n) is 11.5. The van der Waals surface area contributed by atoms with Gasteiger partial charge in [-0.1, -0.05) is 6.42 Å². The Morgan fingerprint density at radius 2 is 2.00 bits per heavy atom. The van der Waals surface area contributed by atoms with Gasteiger partial charge in [0.05, 0.1) is 12.7 Å². The van der Waals surface area contributed by atoms with Crippen LogP contribution in [0.2, 0.25) is 0 Å². The zero-order chi connectivity index (χ0) is 13.9. The van der Waals surface area contributed by atoms with Crippen LogP contribution in [0.4, 0.5) is 0 Å². The lowest BCUT2D eigenvalue weighted by atomic mass is 10.1. The molecule has 2 aliphatic rings. The minimum Gasteiger partial charge on any atom is -0.395 e. The van der Waals surface area contributed by atoms with E-state index in [0.29, 0.717) is 19.6 Å². The van der Waals surface area contributed by atoms with E-state index in [9.17, 15) is 13.5 Å². The van der Waals surface area contributed by atoms with E-state index < -0.39 is 10.2 Å². The first-order valence-electron chi connectivity index (χ1n) is 7.00. The Bertz CT molecular complexity index is 387. The van der Waals surface area contributed by atoms with Gasteiger partial charge < -0.3 is 9.84 Å². The fraction of sp³-hybridized carbons (Fsp3) is 1.00. The van der Waals surface area contributed by atoms with E-state index in [1.807, 2.05) is 0 Å². The average Bonchev–Trinajstić information content (AvgIpc) is 2.47. The Balaban J connectivity index is 2.11. The van der Waals surface area contributed by atoms with Gasteiger partial charge in [0.2, 0.25) is 0 Å². The molecular formula is C12H24N2O4S. The molecule has 0 bridgehead atoms. The van der Waals surface area contributed by atoms with Crippen LogP contribution in [-0.2, 0) is 14.9 Å². The third-order valence-corrected chi connectivity index (χ3v) is 6.14. The number of ether oxygens (including phenoxy) is 1. The van der Waals surface area contributed by atoms with Gasteiger partial charge in [0.15, 0.2) is 0 Å². The summed E-state index contributed by atoms with van der Waals surface area (Å²) in [5.74, 6) is 0. The Labute approximate surface area is 115 Å². The SMILES string of the molecule is COC1CCCN(S(=O)(=O)N2CCCCC2CO)C1. The van der Waals surface area contributed by atoms with Gasteiger partial charge in [0, 0.05) is 32.8 Å². The second-order valence-electron chi connectivity index (χ2n) is 5.31. The Morgan fingerprint density at radius 1 is 1.21 bits per heavy atom. The number of methoxy groups -OCH3 is 1. The average molecular weight is 292 g/mol. The van der Waals surface area contributed by atoms with Crippen molar-refractivity contribution < 1.29 is 18.3 Å². The summed E-state index contributed by atoms with van der Waals surface area (Å²) in [5, 5.41) is 9.37. The first-order valence-corrected chi connectivity index (χ1v) is 8.40. The van der Waals surface area contributed by atoms with Gasteiger partial charge in [0.25, 0.3) is 10.2 Å². The number of hydrogen-bond donors (Lipinski definition) is 1. The van der Waals surface area contributed by atoms with E-state index in [4.69, 9.17) is 4.74 Å². The fourth-order valence-electron chi connectivity index (χ4n) is 2.92. The molecule has 2 aliphatic heterocycles. The van der Waals surface area contributed by atoms with Gasteiger partial charge in [-0.15, -0.1) is 0 Å². The molecule has 2 atom stereocenters. The maximum atomic E-state index is 12.7. The topological polar surface area (TPSA) is 70.1 Å². The molecule has 112 valence electrons. The van der Waals surface area contributed by atoms with Crippen molar-refractivity contribution in [3.8, 4) is 0 Å². The predicted molar refractivity (Wildman–Crippen MR) is 72.0 cm³/mol. The van der Waals surface area contributed by atoms with Crippen LogP contribution in [0.25, 0.3) is 0 Å². The highest BCUT2D eigenvalue weighted by Crippen LogP contribution is 2.25. The molecule has 2 fully saturated rings. The van der Waals surface area contributed by atoms with Crippen LogP contribution in [0.3, 0.4) is 0 Å². The van der Waals surface area contributed by atoms with E-state index in [2.05, 4.69) is 0 Å². The van der Waals surface area contributed by atoms with Crippen LogP contribution in [-0.4, -0.2) is 67.6 Å². The summed E-state index contributed by atoms with van der Waals surface area (Å²) in [5.41, 5.74) is 0. The molecule has 2 rings (SSSR count). The molecule has 1 N–H and O–H groups in total. The number of rotatable bonds is 4. The maximum Gasteiger partial charge on any atom is 0.282 e. The number of aliphatic hydroxyl groups is 1. The van der Waals surface area contributed by atoms with Gasteiger partial charge in [-0.05, 0) is 25.7 Å². The molecule has 0 amide bonds. The zero-order valence-corrected chi connectivity index (χ0v) is 12.3. The van der Waals surface area contributed by atoms with Crippen molar-refractivity contribution in [2.75, 3.05) is 33.4 Å². The van der Waals surface area contributed by atoms with Crippen molar-refractivity contribution >= 4 is 10.2 Å². The Kier molecular flexibility index (Phi) is 5.19. The van der Waals surface area contributed by atoms with E-state index in [1.165, 1.54) is 8.61 Å². The molecule has 0 aliphatic carbocycles. The second-order valence-corrected chi connectivity index (χ2v) is 7.19. The van der Waals surface area contributed by atoms with Crippen molar-refractivity contribution in [1.29, 1.82) is 0 Å². The van der Waals surface area contributed by atoms with Gasteiger partial charge in [-0.3, -0.25) is 0 Å². The summed E-state index contributed by atoms with van der Waals surface area (Å²) in [6, 6.07) is -0.262. The summed E-state index contributed by atoms with van der Waals surface area (Å²) < 4.78 is 33.6. The maximum absolute atomic E-state index is 12.7. The number of piperidine rings is 2. The largest absolute Gasteiger partial charge is 0.395 e. The highest BCUT2D eigenvalue weighted by atomic mass is 32.2.